The standard InChI is InChI=1S/C16H15ClN2O2/c1-2-9-19(12-14-4-3-10-21-14)16(20)8-6-13-5-7-15(17)18-11-13/h1,3-5,7,10-11H,6,8-9,12H2. The van der Waals surface area contributed by atoms with Crippen molar-refractivity contribution in [3.63, 3.8) is 0 Å². The van der Waals surface area contributed by atoms with Crippen LogP contribution < -0.4 is 0 Å². The van der Waals surface area contributed by atoms with E-state index in [2.05, 4.69) is 10.9 Å². The molecule has 0 unspecified atom stereocenters. The highest BCUT2D eigenvalue weighted by molar-refractivity contribution is 6.29. The maximum Gasteiger partial charge on any atom is 0.224 e. The molecule has 2 aromatic heterocycles. The first-order valence-corrected chi connectivity index (χ1v) is 6.91. The maximum absolute atomic E-state index is 12.2. The fourth-order valence-corrected chi connectivity index (χ4v) is 2.01. The fraction of sp³-hybridized carbons (Fsp3) is 0.250. The van der Waals surface area contributed by atoms with E-state index in [-0.39, 0.29) is 12.5 Å². The zero-order valence-corrected chi connectivity index (χ0v) is 12.2. The highest BCUT2D eigenvalue weighted by Gasteiger charge is 2.14. The molecule has 2 heterocycles. The van der Waals surface area contributed by atoms with Crippen molar-refractivity contribution in [1.29, 1.82) is 0 Å². The van der Waals surface area contributed by atoms with Crippen LogP contribution in [0, 0.1) is 12.3 Å². The van der Waals surface area contributed by atoms with Gasteiger partial charge in [0.1, 0.15) is 10.9 Å². The molecule has 5 heteroatoms. The van der Waals surface area contributed by atoms with Crippen molar-refractivity contribution >= 4 is 17.5 Å². The van der Waals surface area contributed by atoms with Crippen LogP contribution in [0.3, 0.4) is 0 Å². The molecule has 0 aromatic carbocycles. The number of rotatable bonds is 6. The molecule has 21 heavy (non-hydrogen) atoms. The second kappa shape index (κ2) is 7.51. The third kappa shape index (κ3) is 4.66. The summed E-state index contributed by atoms with van der Waals surface area (Å²) >= 11 is 5.73. The fourth-order valence-electron chi connectivity index (χ4n) is 1.90. The third-order valence-electron chi connectivity index (χ3n) is 2.98. The van der Waals surface area contributed by atoms with Gasteiger partial charge in [-0.05, 0) is 30.2 Å². The van der Waals surface area contributed by atoms with Crippen molar-refractivity contribution in [2.24, 2.45) is 0 Å². The van der Waals surface area contributed by atoms with Gasteiger partial charge in [0.2, 0.25) is 5.91 Å². The average molecular weight is 303 g/mol. The van der Waals surface area contributed by atoms with Crippen molar-refractivity contribution in [2.75, 3.05) is 6.54 Å². The molecule has 4 nitrogen and oxygen atoms in total. The SMILES string of the molecule is C#CCN(Cc1ccco1)C(=O)CCc1ccc(Cl)nc1. The van der Waals surface area contributed by atoms with Crippen LogP contribution in [-0.4, -0.2) is 22.3 Å². The molecule has 0 aliphatic rings. The van der Waals surface area contributed by atoms with Gasteiger partial charge in [-0.1, -0.05) is 23.6 Å². The summed E-state index contributed by atoms with van der Waals surface area (Å²) < 4.78 is 5.25. The summed E-state index contributed by atoms with van der Waals surface area (Å²) in [5, 5.41) is 0.442. The highest BCUT2D eigenvalue weighted by Crippen LogP contribution is 2.10. The summed E-state index contributed by atoms with van der Waals surface area (Å²) in [6, 6.07) is 7.18. The van der Waals surface area contributed by atoms with Crippen molar-refractivity contribution < 1.29 is 9.21 Å². The van der Waals surface area contributed by atoms with E-state index in [4.69, 9.17) is 22.4 Å². The van der Waals surface area contributed by atoms with Crippen molar-refractivity contribution in [2.45, 2.75) is 19.4 Å². The topological polar surface area (TPSA) is 46.3 Å². The van der Waals surface area contributed by atoms with Gasteiger partial charge < -0.3 is 9.32 Å². The number of nitrogens with zero attached hydrogens (tertiary/aromatic N) is 2. The zero-order valence-electron chi connectivity index (χ0n) is 11.5. The summed E-state index contributed by atoms with van der Waals surface area (Å²) in [6.07, 6.45) is 9.54. The monoisotopic (exact) mass is 302 g/mol. The lowest BCUT2D eigenvalue weighted by molar-refractivity contribution is -0.131. The van der Waals surface area contributed by atoms with Crippen molar-refractivity contribution in [1.82, 2.24) is 9.88 Å². The Kier molecular flexibility index (Phi) is 5.42. The number of hydrogen-bond donors (Lipinski definition) is 0. The largest absolute Gasteiger partial charge is 0.467 e. The molecule has 0 aliphatic carbocycles. The molecular weight excluding hydrogens is 288 g/mol. The quantitative estimate of drug-likeness (QED) is 0.609. The van der Waals surface area contributed by atoms with Crippen LogP contribution >= 0.6 is 11.6 Å². The molecular formula is C16H15ClN2O2. The highest BCUT2D eigenvalue weighted by atomic mass is 35.5. The van der Waals surface area contributed by atoms with E-state index in [9.17, 15) is 4.79 Å². The minimum Gasteiger partial charge on any atom is -0.467 e. The molecule has 0 saturated heterocycles. The van der Waals surface area contributed by atoms with E-state index in [1.54, 1.807) is 29.5 Å². The van der Waals surface area contributed by atoms with E-state index in [0.29, 0.717) is 30.3 Å². The van der Waals surface area contributed by atoms with Crippen LogP contribution in [0.5, 0.6) is 0 Å². The van der Waals surface area contributed by atoms with Gasteiger partial charge in [0.25, 0.3) is 0 Å². The number of aromatic nitrogens is 1. The van der Waals surface area contributed by atoms with Crippen LogP contribution in [0.4, 0.5) is 0 Å². The lowest BCUT2D eigenvalue weighted by Crippen LogP contribution is -2.31. The lowest BCUT2D eigenvalue weighted by Gasteiger charge is -2.19. The Balaban J connectivity index is 1.92. The van der Waals surface area contributed by atoms with Crippen molar-refractivity contribution in [3.8, 4) is 12.3 Å². The molecule has 0 N–H and O–H groups in total. The number of carbonyl (C=O) groups excluding carboxylic acids is 1. The second-order valence-electron chi connectivity index (χ2n) is 4.52. The number of pyridine rings is 1. The molecule has 0 bridgehead atoms. The predicted octanol–water partition coefficient (Wildman–Crippen LogP) is 2.92. The molecule has 0 fully saturated rings. The number of carbonyl (C=O) groups is 1. The van der Waals surface area contributed by atoms with Crippen LogP contribution in [0.25, 0.3) is 0 Å². The number of terminal acetylenes is 1. The van der Waals surface area contributed by atoms with E-state index < -0.39 is 0 Å². The summed E-state index contributed by atoms with van der Waals surface area (Å²) in [7, 11) is 0. The van der Waals surface area contributed by atoms with E-state index in [0.717, 1.165) is 5.56 Å². The first-order chi connectivity index (χ1) is 10.2. The van der Waals surface area contributed by atoms with Crippen LogP contribution in [0.1, 0.15) is 17.7 Å². The van der Waals surface area contributed by atoms with Crippen molar-refractivity contribution in [3.05, 3.63) is 53.2 Å². The number of aryl methyl sites for hydroxylation is 1. The first-order valence-electron chi connectivity index (χ1n) is 6.53. The number of amides is 1. The van der Waals surface area contributed by atoms with Gasteiger partial charge in [-0.3, -0.25) is 4.79 Å². The van der Waals surface area contributed by atoms with Gasteiger partial charge in [0.05, 0.1) is 19.4 Å². The van der Waals surface area contributed by atoms with Gasteiger partial charge in [0.15, 0.2) is 0 Å². The van der Waals surface area contributed by atoms with Gasteiger partial charge in [-0.15, -0.1) is 6.42 Å². The second-order valence-corrected chi connectivity index (χ2v) is 4.91. The Hall–Kier alpha value is -2.25. The Morgan fingerprint density at radius 1 is 1.43 bits per heavy atom. The average Bonchev–Trinajstić information content (AvgIpc) is 2.99. The number of hydrogen-bond acceptors (Lipinski definition) is 3. The van der Waals surface area contributed by atoms with Gasteiger partial charge in [0, 0.05) is 12.6 Å². The molecule has 0 saturated carbocycles. The van der Waals surface area contributed by atoms with Gasteiger partial charge in [-0.2, -0.15) is 0 Å². The van der Waals surface area contributed by atoms with E-state index >= 15 is 0 Å². The Bertz CT molecular complexity index is 615. The molecule has 0 atom stereocenters. The number of furan rings is 1. The van der Waals surface area contributed by atoms with Gasteiger partial charge >= 0.3 is 0 Å². The molecule has 2 rings (SSSR count). The molecule has 108 valence electrons. The molecule has 2 aromatic rings. The summed E-state index contributed by atoms with van der Waals surface area (Å²) in [4.78, 5) is 17.8. The minimum atomic E-state index is -0.0145. The Morgan fingerprint density at radius 2 is 2.29 bits per heavy atom. The first kappa shape index (κ1) is 15.1. The molecule has 1 amide bonds. The van der Waals surface area contributed by atoms with Crippen LogP contribution in [0.2, 0.25) is 5.15 Å². The van der Waals surface area contributed by atoms with Crippen LogP contribution in [-0.2, 0) is 17.8 Å². The zero-order chi connectivity index (χ0) is 15.1. The van der Waals surface area contributed by atoms with Crippen LogP contribution in [0.15, 0.2) is 41.1 Å². The lowest BCUT2D eigenvalue weighted by atomic mass is 10.1. The summed E-state index contributed by atoms with van der Waals surface area (Å²) in [5.74, 6) is 3.20. The Morgan fingerprint density at radius 3 is 2.90 bits per heavy atom. The summed E-state index contributed by atoms with van der Waals surface area (Å²) in [6.45, 7) is 0.646. The van der Waals surface area contributed by atoms with E-state index in [1.807, 2.05) is 12.1 Å². The molecule has 0 radical (unpaired) electrons. The molecule has 0 spiro atoms. The minimum absolute atomic E-state index is 0.0145. The molecule has 0 aliphatic heterocycles. The smallest absolute Gasteiger partial charge is 0.224 e. The predicted molar refractivity (Wildman–Crippen MR) is 80.5 cm³/mol. The number of halogens is 1. The normalized spacial score (nSPS) is 10.1. The summed E-state index contributed by atoms with van der Waals surface area (Å²) in [5.41, 5.74) is 0.964. The van der Waals surface area contributed by atoms with E-state index in [1.165, 1.54) is 0 Å². The Labute approximate surface area is 128 Å². The third-order valence-corrected chi connectivity index (χ3v) is 3.20. The van der Waals surface area contributed by atoms with Gasteiger partial charge in [-0.25, -0.2) is 4.98 Å². The maximum atomic E-state index is 12.2.